The maximum absolute atomic E-state index is 12.9. The molecule has 6 nitrogen and oxygen atoms in total. The van der Waals surface area contributed by atoms with Gasteiger partial charge in [-0.05, 0) is 77.0 Å². The van der Waals surface area contributed by atoms with Gasteiger partial charge in [-0.1, -0.05) is 269 Å². The average Bonchev–Trinajstić information content (AvgIpc) is 3.35. The predicted molar refractivity (Wildman–Crippen MR) is 298 cm³/mol. The Morgan fingerprint density at radius 3 is 0.855 bits per heavy atom. The number of ether oxygens (including phenoxy) is 3. The van der Waals surface area contributed by atoms with Crippen LogP contribution in [0.5, 0.6) is 0 Å². The number of carbonyl (C=O) groups excluding carboxylic acids is 3. The van der Waals surface area contributed by atoms with Gasteiger partial charge in [0.15, 0.2) is 6.10 Å². The van der Waals surface area contributed by atoms with Crippen LogP contribution in [0.25, 0.3) is 0 Å². The second-order valence-corrected chi connectivity index (χ2v) is 20.6. The molecular weight excluding hydrogens is 853 g/mol. The Morgan fingerprint density at radius 2 is 0.522 bits per heavy atom. The lowest BCUT2D eigenvalue weighted by atomic mass is 10.0. The van der Waals surface area contributed by atoms with E-state index in [9.17, 15) is 14.4 Å². The van der Waals surface area contributed by atoms with Crippen molar-refractivity contribution in [1.82, 2.24) is 0 Å². The van der Waals surface area contributed by atoms with Crippen LogP contribution in [-0.2, 0) is 28.6 Å². The standard InChI is InChI=1S/C63H116O6/c1-4-7-10-13-16-19-22-25-28-30-31-33-35-38-41-44-47-50-53-56-62(65)68-59-60(58-67-61(64)55-52-49-46-43-40-37-34-27-24-21-18-15-12-9-6-3)69-63(66)57-54-51-48-45-42-39-36-32-29-26-23-20-17-14-11-8-5-2/h17,20-21,24,26,29,60H,4-16,18-19,22-23,25,27-28,30-59H2,1-3H3/b20-17-,24-21-,29-26-. The van der Waals surface area contributed by atoms with Crippen molar-refractivity contribution in [2.24, 2.45) is 0 Å². The maximum atomic E-state index is 12.9. The molecule has 0 aliphatic rings. The van der Waals surface area contributed by atoms with E-state index in [2.05, 4.69) is 57.2 Å². The summed E-state index contributed by atoms with van der Waals surface area (Å²) in [5.74, 6) is -0.865. The lowest BCUT2D eigenvalue weighted by molar-refractivity contribution is -0.167. The van der Waals surface area contributed by atoms with Gasteiger partial charge in [-0.25, -0.2) is 0 Å². The van der Waals surface area contributed by atoms with Crippen LogP contribution < -0.4 is 0 Å². The fourth-order valence-corrected chi connectivity index (χ4v) is 9.00. The van der Waals surface area contributed by atoms with Gasteiger partial charge in [0.2, 0.25) is 0 Å². The van der Waals surface area contributed by atoms with Crippen LogP contribution in [0, 0.1) is 0 Å². The third-order valence-corrected chi connectivity index (χ3v) is 13.6. The molecule has 0 rings (SSSR count). The molecule has 1 atom stereocenters. The second kappa shape index (κ2) is 58.2. The molecule has 0 saturated heterocycles. The molecule has 6 heteroatoms. The number of esters is 3. The largest absolute Gasteiger partial charge is 0.462 e. The SMILES string of the molecule is CCCCC/C=C\C/C=C\CCCCCCCCCC(=O)OC(COC(=O)CCCCCCCCC/C=C\CCCCCC)COC(=O)CCCCCCCCCCCCCCCCCCCCC. The third-order valence-electron chi connectivity index (χ3n) is 13.6. The van der Waals surface area contributed by atoms with Crippen molar-refractivity contribution in [1.29, 1.82) is 0 Å². The molecule has 0 heterocycles. The summed E-state index contributed by atoms with van der Waals surface area (Å²) in [7, 11) is 0. The number of rotatable bonds is 56. The zero-order valence-corrected chi connectivity index (χ0v) is 46.3. The van der Waals surface area contributed by atoms with Crippen LogP contribution in [0.3, 0.4) is 0 Å². The summed E-state index contributed by atoms with van der Waals surface area (Å²) in [5, 5.41) is 0. The molecule has 404 valence electrons. The van der Waals surface area contributed by atoms with Crippen molar-refractivity contribution in [2.45, 2.75) is 335 Å². The normalized spacial score (nSPS) is 12.2. The first-order valence-corrected chi connectivity index (χ1v) is 30.5. The highest BCUT2D eigenvalue weighted by molar-refractivity contribution is 5.71. The third kappa shape index (κ3) is 56.4. The second-order valence-electron chi connectivity index (χ2n) is 20.6. The van der Waals surface area contributed by atoms with E-state index in [0.29, 0.717) is 19.3 Å². The monoisotopic (exact) mass is 969 g/mol. The zero-order chi connectivity index (χ0) is 50.0. The van der Waals surface area contributed by atoms with Crippen LogP contribution >= 0.6 is 0 Å². The molecule has 0 aliphatic carbocycles. The molecule has 0 fully saturated rings. The molecular formula is C63H116O6. The van der Waals surface area contributed by atoms with Gasteiger partial charge >= 0.3 is 17.9 Å². The first kappa shape index (κ1) is 66.6. The van der Waals surface area contributed by atoms with Gasteiger partial charge in [0.1, 0.15) is 13.2 Å². The first-order valence-electron chi connectivity index (χ1n) is 30.5. The van der Waals surface area contributed by atoms with E-state index >= 15 is 0 Å². The number of carbonyl (C=O) groups is 3. The van der Waals surface area contributed by atoms with Crippen molar-refractivity contribution in [3.63, 3.8) is 0 Å². The summed E-state index contributed by atoms with van der Waals surface area (Å²) in [5.41, 5.74) is 0. The molecule has 0 saturated carbocycles. The highest BCUT2D eigenvalue weighted by Gasteiger charge is 2.19. The molecule has 0 aromatic carbocycles. The Hall–Kier alpha value is -2.37. The zero-order valence-electron chi connectivity index (χ0n) is 46.3. The lowest BCUT2D eigenvalue weighted by Gasteiger charge is -2.18. The fraction of sp³-hybridized carbons (Fsp3) is 0.857. The molecule has 1 unspecified atom stereocenters. The van der Waals surface area contributed by atoms with E-state index in [-0.39, 0.29) is 31.1 Å². The van der Waals surface area contributed by atoms with Gasteiger partial charge in [-0.2, -0.15) is 0 Å². The van der Waals surface area contributed by atoms with E-state index in [0.717, 1.165) is 70.6 Å². The molecule has 0 amide bonds. The Kier molecular flexibility index (Phi) is 56.2. The highest BCUT2D eigenvalue weighted by atomic mass is 16.6. The summed E-state index contributed by atoms with van der Waals surface area (Å²) >= 11 is 0. The summed E-state index contributed by atoms with van der Waals surface area (Å²) in [6.07, 6.45) is 69.9. The van der Waals surface area contributed by atoms with Crippen molar-refractivity contribution >= 4 is 17.9 Å². The number of unbranched alkanes of at least 4 members (excludes halogenated alkanes) is 39. The molecule has 0 radical (unpaired) electrons. The van der Waals surface area contributed by atoms with Crippen LogP contribution in [0.2, 0.25) is 0 Å². The van der Waals surface area contributed by atoms with Crippen molar-refractivity contribution in [2.75, 3.05) is 13.2 Å². The Morgan fingerprint density at radius 1 is 0.290 bits per heavy atom. The van der Waals surface area contributed by atoms with Crippen LogP contribution in [0.1, 0.15) is 329 Å². The van der Waals surface area contributed by atoms with Gasteiger partial charge in [0.05, 0.1) is 0 Å². The van der Waals surface area contributed by atoms with E-state index in [4.69, 9.17) is 14.2 Å². The van der Waals surface area contributed by atoms with E-state index in [1.807, 2.05) is 0 Å². The predicted octanol–water partition coefficient (Wildman–Crippen LogP) is 20.4. The quantitative estimate of drug-likeness (QED) is 0.0261. The van der Waals surface area contributed by atoms with Crippen molar-refractivity contribution in [3.8, 4) is 0 Å². The number of hydrogen-bond donors (Lipinski definition) is 0. The molecule has 69 heavy (non-hydrogen) atoms. The summed E-state index contributed by atoms with van der Waals surface area (Å²) in [6, 6.07) is 0. The van der Waals surface area contributed by atoms with E-state index in [1.54, 1.807) is 0 Å². The Bertz CT molecular complexity index is 1160. The van der Waals surface area contributed by atoms with Gasteiger partial charge in [0, 0.05) is 19.3 Å². The smallest absolute Gasteiger partial charge is 0.306 e. The minimum atomic E-state index is -0.776. The van der Waals surface area contributed by atoms with Crippen molar-refractivity contribution < 1.29 is 28.6 Å². The lowest BCUT2D eigenvalue weighted by Crippen LogP contribution is -2.30. The number of allylic oxidation sites excluding steroid dienone is 6. The van der Waals surface area contributed by atoms with Gasteiger partial charge in [0.25, 0.3) is 0 Å². The molecule has 0 aromatic rings. The van der Waals surface area contributed by atoms with E-state index < -0.39 is 6.10 Å². The van der Waals surface area contributed by atoms with Crippen molar-refractivity contribution in [3.05, 3.63) is 36.5 Å². The molecule has 0 spiro atoms. The van der Waals surface area contributed by atoms with Gasteiger partial charge < -0.3 is 14.2 Å². The van der Waals surface area contributed by atoms with Crippen LogP contribution in [0.4, 0.5) is 0 Å². The summed E-state index contributed by atoms with van der Waals surface area (Å²) in [6.45, 7) is 6.64. The minimum absolute atomic E-state index is 0.0728. The Labute approximate surface area is 429 Å². The maximum Gasteiger partial charge on any atom is 0.306 e. The van der Waals surface area contributed by atoms with Gasteiger partial charge in [-0.15, -0.1) is 0 Å². The van der Waals surface area contributed by atoms with E-state index in [1.165, 1.54) is 218 Å². The highest BCUT2D eigenvalue weighted by Crippen LogP contribution is 2.17. The number of hydrogen-bond acceptors (Lipinski definition) is 6. The average molecular weight is 970 g/mol. The summed E-state index contributed by atoms with van der Waals surface area (Å²) in [4.78, 5) is 38.2. The fourth-order valence-electron chi connectivity index (χ4n) is 9.00. The molecule has 0 bridgehead atoms. The van der Waals surface area contributed by atoms with Gasteiger partial charge in [-0.3, -0.25) is 14.4 Å². The molecule has 0 N–H and O–H groups in total. The Balaban J connectivity index is 4.34. The topological polar surface area (TPSA) is 78.9 Å². The molecule has 0 aromatic heterocycles. The molecule has 0 aliphatic heterocycles. The minimum Gasteiger partial charge on any atom is -0.462 e. The van der Waals surface area contributed by atoms with Crippen LogP contribution in [-0.4, -0.2) is 37.2 Å². The first-order chi connectivity index (χ1) is 34.0. The summed E-state index contributed by atoms with van der Waals surface area (Å²) < 4.78 is 16.9. The van der Waals surface area contributed by atoms with Crippen LogP contribution in [0.15, 0.2) is 36.5 Å².